The number of nitrogens with zero attached hydrogens (tertiary/aromatic N) is 2. The van der Waals surface area contributed by atoms with E-state index in [-0.39, 0.29) is 5.56 Å². The van der Waals surface area contributed by atoms with E-state index in [1.807, 2.05) is 24.3 Å². The summed E-state index contributed by atoms with van der Waals surface area (Å²) in [5.41, 5.74) is 0.850. The van der Waals surface area contributed by atoms with Gasteiger partial charge in [0.05, 0.1) is 10.9 Å². The van der Waals surface area contributed by atoms with Crippen molar-refractivity contribution >= 4 is 22.7 Å². The van der Waals surface area contributed by atoms with Gasteiger partial charge in [0.15, 0.2) is 5.16 Å². The third kappa shape index (κ3) is 2.09. The van der Waals surface area contributed by atoms with E-state index in [1.165, 1.54) is 12.8 Å². The molecule has 0 saturated heterocycles. The lowest BCUT2D eigenvalue weighted by atomic mass is 10.2. The van der Waals surface area contributed by atoms with Crippen molar-refractivity contribution in [3.63, 3.8) is 0 Å². The molecular formula is C13H14N2OS. The van der Waals surface area contributed by atoms with Gasteiger partial charge in [-0.05, 0) is 30.9 Å². The van der Waals surface area contributed by atoms with Crippen molar-refractivity contribution in [3.05, 3.63) is 34.6 Å². The summed E-state index contributed by atoms with van der Waals surface area (Å²) in [5.74, 6) is 1.92. The Kier molecular flexibility index (Phi) is 2.67. The molecule has 0 atom stereocenters. The normalized spacial score (nSPS) is 15.4. The fourth-order valence-electron chi connectivity index (χ4n) is 1.80. The molecule has 17 heavy (non-hydrogen) atoms. The maximum absolute atomic E-state index is 12.1. The van der Waals surface area contributed by atoms with Crippen molar-refractivity contribution in [2.45, 2.75) is 18.0 Å². The lowest BCUT2D eigenvalue weighted by molar-refractivity contribution is 0.725. The maximum Gasteiger partial charge on any atom is 0.261 e. The third-order valence-electron chi connectivity index (χ3n) is 3.09. The van der Waals surface area contributed by atoms with Crippen LogP contribution in [0, 0.1) is 5.92 Å². The predicted molar refractivity (Wildman–Crippen MR) is 70.4 cm³/mol. The standard InChI is InChI=1S/C13H14N2OS/c1-15-12(16)10-4-2-3-5-11(10)14-13(15)17-8-9-6-7-9/h2-5,9H,6-8H2,1H3. The lowest BCUT2D eigenvalue weighted by Gasteiger charge is -2.07. The van der Waals surface area contributed by atoms with Crippen LogP contribution in [0.25, 0.3) is 10.9 Å². The molecule has 3 nitrogen and oxygen atoms in total. The molecule has 4 heteroatoms. The first-order valence-corrected chi connectivity index (χ1v) is 6.83. The van der Waals surface area contributed by atoms with Gasteiger partial charge in [-0.3, -0.25) is 9.36 Å². The van der Waals surface area contributed by atoms with Crippen molar-refractivity contribution in [2.24, 2.45) is 13.0 Å². The molecule has 1 aliphatic rings. The Balaban J connectivity index is 2.05. The van der Waals surface area contributed by atoms with Gasteiger partial charge in [0.2, 0.25) is 0 Å². The second kappa shape index (κ2) is 4.18. The highest BCUT2D eigenvalue weighted by Gasteiger charge is 2.22. The molecule has 0 bridgehead atoms. The summed E-state index contributed by atoms with van der Waals surface area (Å²) in [4.78, 5) is 16.7. The topological polar surface area (TPSA) is 34.9 Å². The number of benzene rings is 1. The smallest absolute Gasteiger partial charge is 0.261 e. The van der Waals surface area contributed by atoms with E-state index in [2.05, 4.69) is 4.98 Å². The molecule has 88 valence electrons. The first-order chi connectivity index (χ1) is 8.25. The second-order valence-corrected chi connectivity index (χ2v) is 5.52. The lowest BCUT2D eigenvalue weighted by Crippen LogP contribution is -2.20. The number of hydrogen-bond acceptors (Lipinski definition) is 3. The highest BCUT2D eigenvalue weighted by atomic mass is 32.2. The third-order valence-corrected chi connectivity index (χ3v) is 4.35. The summed E-state index contributed by atoms with van der Waals surface area (Å²) in [6, 6.07) is 7.53. The summed E-state index contributed by atoms with van der Waals surface area (Å²) < 4.78 is 1.66. The van der Waals surface area contributed by atoms with Crippen molar-refractivity contribution in [1.29, 1.82) is 0 Å². The SMILES string of the molecule is Cn1c(SCC2CC2)nc2ccccc2c1=O. The minimum Gasteiger partial charge on any atom is -0.290 e. The highest BCUT2D eigenvalue weighted by molar-refractivity contribution is 7.99. The molecule has 1 fully saturated rings. The molecule has 1 aliphatic carbocycles. The number of fused-ring (bicyclic) bond motifs is 1. The van der Waals surface area contributed by atoms with E-state index < -0.39 is 0 Å². The number of aromatic nitrogens is 2. The van der Waals surface area contributed by atoms with Crippen molar-refractivity contribution in [1.82, 2.24) is 9.55 Å². The Bertz CT molecular complexity index is 616. The van der Waals surface area contributed by atoms with E-state index in [4.69, 9.17) is 0 Å². The largest absolute Gasteiger partial charge is 0.290 e. The predicted octanol–water partition coefficient (Wildman–Crippen LogP) is 2.44. The van der Waals surface area contributed by atoms with Crippen LogP contribution in [-0.4, -0.2) is 15.3 Å². The van der Waals surface area contributed by atoms with Gasteiger partial charge < -0.3 is 0 Å². The van der Waals surface area contributed by atoms with Crippen molar-refractivity contribution < 1.29 is 0 Å². The van der Waals surface area contributed by atoms with Gasteiger partial charge in [-0.15, -0.1) is 0 Å². The van der Waals surface area contributed by atoms with Gasteiger partial charge in [-0.1, -0.05) is 23.9 Å². The van der Waals surface area contributed by atoms with Gasteiger partial charge in [0.25, 0.3) is 5.56 Å². The zero-order valence-electron chi connectivity index (χ0n) is 9.72. The molecule has 1 aromatic heterocycles. The van der Waals surface area contributed by atoms with Gasteiger partial charge in [0.1, 0.15) is 0 Å². The number of thioether (sulfide) groups is 1. The monoisotopic (exact) mass is 246 g/mol. The first-order valence-electron chi connectivity index (χ1n) is 5.84. The molecule has 0 amide bonds. The zero-order chi connectivity index (χ0) is 11.8. The Hall–Kier alpha value is -1.29. The van der Waals surface area contributed by atoms with Crippen LogP contribution in [0.4, 0.5) is 0 Å². The highest BCUT2D eigenvalue weighted by Crippen LogP contribution is 2.34. The van der Waals surface area contributed by atoms with Crippen LogP contribution in [0.15, 0.2) is 34.2 Å². The summed E-state index contributed by atoms with van der Waals surface area (Å²) in [6.45, 7) is 0. The quantitative estimate of drug-likeness (QED) is 0.616. The fraction of sp³-hybridized carbons (Fsp3) is 0.385. The Labute approximate surface area is 104 Å². The van der Waals surface area contributed by atoms with Crippen LogP contribution >= 0.6 is 11.8 Å². The number of hydrogen-bond donors (Lipinski definition) is 0. The molecule has 1 saturated carbocycles. The fourth-order valence-corrected chi connectivity index (χ4v) is 2.96. The molecule has 0 radical (unpaired) electrons. The van der Waals surface area contributed by atoms with Gasteiger partial charge >= 0.3 is 0 Å². The summed E-state index contributed by atoms with van der Waals surface area (Å²) >= 11 is 1.70. The summed E-state index contributed by atoms with van der Waals surface area (Å²) in [6.07, 6.45) is 2.66. The molecule has 0 aliphatic heterocycles. The van der Waals surface area contributed by atoms with E-state index >= 15 is 0 Å². The zero-order valence-corrected chi connectivity index (χ0v) is 10.5. The van der Waals surface area contributed by atoms with E-state index in [1.54, 1.807) is 23.4 Å². The minimum atomic E-state index is 0.0499. The molecule has 3 rings (SSSR count). The van der Waals surface area contributed by atoms with Crippen LogP contribution in [0.5, 0.6) is 0 Å². The number of para-hydroxylation sites is 1. The minimum absolute atomic E-state index is 0.0499. The molecule has 1 aromatic carbocycles. The second-order valence-electron chi connectivity index (χ2n) is 4.53. The molecule has 0 unspecified atom stereocenters. The van der Waals surface area contributed by atoms with E-state index in [9.17, 15) is 4.79 Å². The summed E-state index contributed by atoms with van der Waals surface area (Å²) in [5, 5.41) is 1.53. The Morgan fingerprint density at radius 2 is 2.18 bits per heavy atom. The van der Waals surface area contributed by atoms with E-state index in [0.29, 0.717) is 5.39 Å². The Morgan fingerprint density at radius 3 is 2.94 bits per heavy atom. The van der Waals surface area contributed by atoms with Gasteiger partial charge in [0, 0.05) is 12.8 Å². The van der Waals surface area contributed by atoms with Gasteiger partial charge in [-0.25, -0.2) is 4.98 Å². The number of rotatable bonds is 3. The maximum atomic E-state index is 12.1. The summed E-state index contributed by atoms with van der Waals surface area (Å²) in [7, 11) is 1.80. The first kappa shape index (κ1) is 10.8. The molecule has 1 heterocycles. The molecular weight excluding hydrogens is 232 g/mol. The van der Waals surface area contributed by atoms with Gasteiger partial charge in [-0.2, -0.15) is 0 Å². The van der Waals surface area contributed by atoms with Crippen molar-refractivity contribution in [3.8, 4) is 0 Å². The van der Waals surface area contributed by atoms with Crippen LogP contribution in [0.2, 0.25) is 0 Å². The van der Waals surface area contributed by atoms with Crippen LogP contribution in [0.3, 0.4) is 0 Å². The van der Waals surface area contributed by atoms with Crippen LogP contribution in [0.1, 0.15) is 12.8 Å². The van der Waals surface area contributed by atoms with Crippen molar-refractivity contribution in [2.75, 3.05) is 5.75 Å². The molecule has 0 N–H and O–H groups in total. The van der Waals surface area contributed by atoms with Crippen LogP contribution in [-0.2, 0) is 7.05 Å². The average molecular weight is 246 g/mol. The molecule has 0 spiro atoms. The van der Waals surface area contributed by atoms with Crippen LogP contribution < -0.4 is 5.56 Å². The average Bonchev–Trinajstić information content (AvgIpc) is 3.16. The molecule has 2 aromatic rings. The van der Waals surface area contributed by atoms with E-state index in [0.717, 1.165) is 22.3 Å². The Morgan fingerprint density at radius 1 is 1.41 bits per heavy atom.